The molecule has 0 aromatic carbocycles. The lowest BCUT2D eigenvalue weighted by molar-refractivity contribution is -0.298. The van der Waals surface area contributed by atoms with Gasteiger partial charge < -0.3 is 40.3 Å². The number of carbonyl (C=O) groups is 1. The number of aliphatic hydroxyl groups excluding tert-OH is 5. The van der Waals surface area contributed by atoms with E-state index in [0.29, 0.717) is 19.3 Å². The molecular formula is C48H93NO12S. The van der Waals surface area contributed by atoms with Crippen molar-refractivity contribution in [2.75, 3.05) is 13.2 Å². The van der Waals surface area contributed by atoms with E-state index in [1.165, 1.54) is 128 Å². The van der Waals surface area contributed by atoms with Crippen LogP contribution in [0.4, 0.5) is 0 Å². The Morgan fingerprint density at radius 2 is 1.03 bits per heavy atom. The van der Waals surface area contributed by atoms with Gasteiger partial charge in [0.05, 0.1) is 25.4 Å². The van der Waals surface area contributed by atoms with Gasteiger partial charge in [-0.2, -0.15) is 8.42 Å². The third-order valence-corrected chi connectivity index (χ3v) is 12.6. The highest BCUT2D eigenvalue weighted by Gasteiger charge is 2.48. The molecule has 368 valence electrons. The molecule has 1 aliphatic heterocycles. The third-order valence-electron chi connectivity index (χ3n) is 12.2. The minimum atomic E-state index is -5.11. The van der Waals surface area contributed by atoms with Gasteiger partial charge in [0.25, 0.3) is 0 Å². The number of rotatable bonds is 43. The van der Waals surface area contributed by atoms with Gasteiger partial charge in [-0.15, -0.1) is 0 Å². The average Bonchev–Trinajstić information content (AvgIpc) is 3.24. The van der Waals surface area contributed by atoms with E-state index in [1.54, 1.807) is 0 Å². The molecule has 0 aromatic rings. The van der Waals surface area contributed by atoms with Gasteiger partial charge in [0.1, 0.15) is 30.5 Å². The number of hydrogen-bond donors (Lipinski definition) is 7. The van der Waals surface area contributed by atoms with Gasteiger partial charge >= 0.3 is 10.4 Å². The quantitative estimate of drug-likeness (QED) is 0.0173. The van der Waals surface area contributed by atoms with Gasteiger partial charge in [0.15, 0.2) is 6.29 Å². The first-order chi connectivity index (χ1) is 29.9. The minimum absolute atomic E-state index is 0.255. The molecule has 0 aromatic heterocycles. The Labute approximate surface area is 377 Å². The Hall–Kier alpha value is -1.20. The fraction of sp³-hybridized carbons (Fsp3) is 0.938. The van der Waals surface area contributed by atoms with Crippen molar-refractivity contribution < 1.29 is 57.0 Å². The summed E-state index contributed by atoms with van der Waals surface area (Å²) in [6.45, 7) is 3.29. The number of ether oxygens (including phenoxy) is 2. The van der Waals surface area contributed by atoms with Gasteiger partial charge in [-0.25, -0.2) is 4.18 Å². The Kier molecular flexibility index (Phi) is 37.0. The van der Waals surface area contributed by atoms with Crippen LogP contribution in [-0.4, -0.2) is 107 Å². The number of aliphatic hydroxyl groups is 5. The van der Waals surface area contributed by atoms with E-state index in [4.69, 9.17) is 9.47 Å². The third kappa shape index (κ3) is 30.8. The molecule has 0 spiro atoms. The maximum Gasteiger partial charge on any atom is 0.397 e. The molecule has 0 radical (unpaired) electrons. The van der Waals surface area contributed by atoms with Crippen LogP contribution in [0.15, 0.2) is 12.2 Å². The molecule has 14 heteroatoms. The standard InChI is InChI=1S/C48H93NO12S/c1-3-5-7-9-11-13-15-17-18-19-20-21-22-23-25-27-29-31-33-35-37-42(52)47(55)49-40(41(51)36-34-32-30-28-26-24-16-14-12-10-8-6-4-2)39-59-48-45(54)46(61-62(56,57)58)44(53)43(38-50)60-48/h21-22,40-46,48,50-54H,3-20,23-39H2,1-2H3,(H,49,55)(H,56,57,58)/b22-21-. The van der Waals surface area contributed by atoms with Crippen LogP contribution in [0.25, 0.3) is 0 Å². The van der Waals surface area contributed by atoms with Gasteiger partial charge in [-0.1, -0.05) is 199 Å². The fourth-order valence-electron chi connectivity index (χ4n) is 8.17. The highest BCUT2D eigenvalue weighted by Crippen LogP contribution is 2.26. The summed E-state index contributed by atoms with van der Waals surface area (Å²) in [7, 11) is -5.11. The van der Waals surface area contributed by atoms with Crippen LogP contribution in [0.2, 0.25) is 0 Å². The summed E-state index contributed by atoms with van der Waals surface area (Å²) in [6.07, 6.45) is 31.1. The van der Waals surface area contributed by atoms with E-state index in [9.17, 15) is 43.3 Å². The minimum Gasteiger partial charge on any atom is -0.394 e. The summed E-state index contributed by atoms with van der Waals surface area (Å²) >= 11 is 0. The van der Waals surface area contributed by atoms with Crippen LogP contribution in [0.3, 0.4) is 0 Å². The first-order valence-corrected chi connectivity index (χ1v) is 26.5. The van der Waals surface area contributed by atoms with Crippen molar-refractivity contribution in [3.8, 4) is 0 Å². The summed E-state index contributed by atoms with van der Waals surface area (Å²) in [6, 6.07) is -1.03. The maximum atomic E-state index is 13.1. The molecule has 8 atom stereocenters. The van der Waals surface area contributed by atoms with Crippen molar-refractivity contribution in [2.45, 2.75) is 275 Å². The first-order valence-electron chi connectivity index (χ1n) is 25.2. The lowest BCUT2D eigenvalue weighted by Gasteiger charge is -2.41. The normalized spacial score (nSPS) is 21.1. The Morgan fingerprint density at radius 1 is 0.629 bits per heavy atom. The van der Waals surface area contributed by atoms with Crippen LogP contribution < -0.4 is 5.32 Å². The maximum absolute atomic E-state index is 13.1. The molecule has 1 aliphatic rings. The van der Waals surface area contributed by atoms with E-state index in [0.717, 1.165) is 57.8 Å². The molecule has 8 unspecified atom stereocenters. The molecule has 7 N–H and O–H groups in total. The average molecular weight is 908 g/mol. The topological polar surface area (TPSA) is 212 Å². The van der Waals surface area contributed by atoms with E-state index >= 15 is 0 Å². The first kappa shape index (κ1) is 58.8. The summed E-state index contributed by atoms with van der Waals surface area (Å²) < 4.78 is 47.6. The number of amides is 1. The van der Waals surface area contributed by atoms with Crippen LogP contribution in [0.5, 0.6) is 0 Å². The summed E-state index contributed by atoms with van der Waals surface area (Å²) in [5.41, 5.74) is 0. The zero-order chi connectivity index (χ0) is 45.7. The van der Waals surface area contributed by atoms with Crippen LogP contribution in [0.1, 0.15) is 226 Å². The summed E-state index contributed by atoms with van der Waals surface area (Å²) in [5.74, 6) is -0.672. The van der Waals surface area contributed by atoms with Gasteiger partial charge in [-0.05, 0) is 38.5 Å². The van der Waals surface area contributed by atoms with Crippen LogP contribution >= 0.6 is 0 Å². The zero-order valence-corrected chi connectivity index (χ0v) is 39.9. The summed E-state index contributed by atoms with van der Waals surface area (Å²) in [4.78, 5) is 13.1. The van der Waals surface area contributed by atoms with E-state index in [1.807, 2.05) is 0 Å². The van der Waals surface area contributed by atoms with Crippen molar-refractivity contribution >= 4 is 16.3 Å². The van der Waals surface area contributed by atoms with Gasteiger partial charge in [-0.3, -0.25) is 9.35 Å². The molecule has 0 bridgehead atoms. The van der Waals surface area contributed by atoms with Crippen LogP contribution in [0, 0.1) is 0 Å². The molecule has 1 heterocycles. The van der Waals surface area contributed by atoms with Crippen LogP contribution in [-0.2, 0) is 28.9 Å². The van der Waals surface area contributed by atoms with Crippen molar-refractivity contribution in [2.24, 2.45) is 0 Å². The number of nitrogens with one attached hydrogen (secondary N) is 1. The monoisotopic (exact) mass is 908 g/mol. The summed E-state index contributed by atoms with van der Waals surface area (Å²) in [5, 5.41) is 55.4. The predicted octanol–water partition coefficient (Wildman–Crippen LogP) is 9.31. The van der Waals surface area contributed by atoms with E-state index < -0.39 is 78.5 Å². The Balaban J connectivity index is 2.48. The Morgan fingerprint density at radius 3 is 1.45 bits per heavy atom. The fourth-order valence-corrected chi connectivity index (χ4v) is 8.68. The molecule has 1 amide bonds. The lowest BCUT2D eigenvalue weighted by atomic mass is 9.99. The largest absolute Gasteiger partial charge is 0.397 e. The molecule has 62 heavy (non-hydrogen) atoms. The molecule has 13 nitrogen and oxygen atoms in total. The number of carbonyl (C=O) groups excluding carboxylic acids is 1. The zero-order valence-electron chi connectivity index (χ0n) is 39.1. The SMILES string of the molecule is CCCCCCCCCCCC/C=C\CCCCCCCCC(O)C(=O)NC(COC1OC(CO)C(O)C(OS(=O)(=O)O)C1O)C(O)CCCCCCCCCCCCCCC. The highest BCUT2D eigenvalue weighted by atomic mass is 32.3. The Bertz CT molecular complexity index is 1180. The second-order valence-electron chi connectivity index (χ2n) is 17.9. The highest BCUT2D eigenvalue weighted by molar-refractivity contribution is 7.80. The lowest BCUT2D eigenvalue weighted by Crippen LogP contribution is -2.61. The molecule has 1 rings (SSSR count). The van der Waals surface area contributed by atoms with E-state index in [-0.39, 0.29) is 6.42 Å². The second-order valence-corrected chi connectivity index (χ2v) is 18.9. The van der Waals surface area contributed by atoms with Gasteiger partial charge in [0, 0.05) is 0 Å². The van der Waals surface area contributed by atoms with Crippen molar-refractivity contribution in [1.29, 1.82) is 0 Å². The number of unbranched alkanes of at least 4 members (excludes halogenated alkanes) is 28. The predicted molar refractivity (Wildman–Crippen MR) is 247 cm³/mol. The van der Waals surface area contributed by atoms with Gasteiger partial charge in [0.2, 0.25) is 5.91 Å². The second kappa shape index (κ2) is 39.0. The van der Waals surface area contributed by atoms with Crippen molar-refractivity contribution in [3.05, 3.63) is 12.2 Å². The molecule has 0 saturated carbocycles. The van der Waals surface area contributed by atoms with Crippen molar-refractivity contribution in [3.63, 3.8) is 0 Å². The van der Waals surface area contributed by atoms with Crippen molar-refractivity contribution in [1.82, 2.24) is 5.32 Å². The molecule has 1 fully saturated rings. The molecule has 0 aliphatic carbocycles. The molecular weight excluding hydrogens is 815 g/mol. The smallest absolute Gasteiger partial charge is 0.394 e. The number of allylic oxidation sites excluding steroid dienone is 2. The molecule has 1 saturated heterocycles. The number of hydrogen-bond acceptors (Lipinski definition) is 11. The van der Waals surface area contributed by atoms with E-state index in [2.05, 4.69) is 35.5 Å².